The number of carbonyl (C=O) groups is 1. The number of nitrogens with one attached hydrogen (secondary N) is 1. The molecule has 5 heteroatoms. The van der Waals surface area contributed by atoms with Gasteiger partial charge in [0.05, 0.1) is 6.04 Å². The number of hydrogen-bond donors (Lipinski definition) is 1. The zero-order valence-corrected chi connectivity index (χ0v) is 16.3. The third-order valence-corrected chi connectivity index (χ3v) is 4.66. The first kappa shape index (κ1) is 18.6. The van der Waals surface area contributed by atoms with E-state index in [1.807, 2.05) is 39.0 Å². The van der Waals surface area contributed by atoms with E-state index in [0.717, 1.165) is 16.9 Å². The number of aryl methyl sites for hydroxylation is 1. The zero-order valence-electron chi connectivity index (χ0n) is 15.5. The summed E-state index contributed by atoms with van der Waals surface area (Å²) in [4.78, 5) is 12.7. The van der Waals surface area contributed by atoms with Gasteiger partial charge in [-0.05, 0) is 57.5 Å². The molecular weight excluding hydrogens is 350 g/mol. The van der Waals surface area contributed by atoms with Gasteiger partial charge in [0.25, 0.3) is 5.91 Å². The fourth-order valence-corrected chi connectivity index (χ4v) is 3.35. The van der Waals surface area contributed by atoms with E-state index in [2.05, 4.69) is 5.32 Å². The van der Waals surface area contributed by atoms with Gasteiger partial charge in [0, 0.05) is 17.0 Å². The smallest absolute Gasteiger partial charge is 0.261 e. The molecule has 1 N–H and O–H groups in total. The normalized spacial score (nSPS) is 19.0. The van der Waals surface area contributed by atoms with Crippen LogP contribution in [0.15, 0.2) is 42.5 Å². The Labute approximate surface area is 159 Å². The minimum absolute atomic E-state index is 0.118. The van der Waals surface area contributed by atoms with Gasteiger partial charge in [-0.1, -0.05) is 29.8 Å². The standard InChI is InChI=1S/C21H24ClNO3/c1-13-8-9-17-18(12-21(3,4)26-19(17)10-13)23-20(24)14(2)25-16-7-5-6-15(22)11-16/h5-11,14,18H,12H2,1-4H3,(H,23,24)/t14-,18+/m0/s1. The van der Waals surface area contributed by atoms with Crippen LogP contribution in [0.4, 0.5) is 0 Å². The molecule has 2 aromatic carbocycles. The summed E-state index contributed by atoms with van der Waals surface area (Å²) >= 11 is 5.97. The van der Waals surface area contributed by atoms with Crippen molar-refractivity contribution in [2.24, 2.45) is 0 Å². The van der Waals surface area contributed by atoms with Crippen LogP contribution in [0, 0.1) is 6.92 Å². The van der Waals surface area contributed by atoms with Gasteiger partial charge in [-0.3, -0.25) is 4.79 Å². The number of fused-ring (bicyclic) bond motifs is 1. The predicted octanol–water partition coefficient (Wildman–Crippen LogP) is 4.83. The second kappa shape index (κ2) is 7.20. The van der Waals surface area contributed by atoms with Crippen molar-refractivity contribution in [3.63, 3.8) is 0 Å². The molecule has 2 atom stereocenters. The van der Waals surface area contributed by atoms with Crippen LogP contribution in [0.25, 0.3) is 0 Å². The highest BCUT2D eigenvalue weighted by Crippen LogP contribution is 2.39. The maximum Gasteiger partial charge on any atom is 0.261 e. The first-order valence-corrected chi connectivity index (χ1v) is 9.13. The second-order valence-corrected chi connectivity index (χ2v) is 7.82. The summed E-state index contributed by atoms with van der Waals surface area (Å²) in [6.07, 6.45) is 0.0620. The molecule has 0 spiro atoms. The highest BCUT2D eigenvalue weighted by atomic mass is 35.5. The van der Waals surface area contributed by atoms with Crippen LogP contribution in [-0.4, -0.2) is 17.6 Å². The molecule has 0 bridgehead atoms. The molecule has 0 saturated heterocycles. The van der Waals surface area contributed by atoms with Gasteiger partial charge in [0.15, 0.2) is 6.10 Å². The summed E-state index contributed by atoms with van der Waals surface area (Å²) in [5.41, 5.74) is 1.78. The molecule has 4 nitrogen and oxygen atoms in total. The summed E-state index contributed by atoms with van der Waals surface area (Å²) in [6.45, 7) is 7.82. The summed E-state index contributed by atoms with van der Waals surface area (Å²) in [5, 5.41) is 3.68. The molecule has 0 unspecified atom stereocenters. The summed E-state index contributed by atoms with van der Waals surface area (Å²) in [5.74, 6) is 1.23. The fraction of sp³-hybridized carbons (Fsp3) is 0.381. The molecule has 0 aromatic heterocycles. The van der Waals surface area contributed by atoms with Crippen molar-refractivity contribution in [3.05, 3.63) is 58.6 Å². The Morgan fingerprint density at radius 2 is 2.08 bits per heavy atom. The van der Waals surface area contributed by atoms with Crippen LogP contribution in [0.3, 0.4) is 0 Å². The van der Waals surface area contributed by atoms with E-state index in [1.54, 1.807) is 31.2 Å². The van der Waals surface area contributed by atoms with Crippen molar-refractivity contribution in [1.29, 1.82) is 0 Å². The van der Waals surface area contributed by atoms with Gasteiger partial charge < -0.3 is 14.8 Å². The van der Waals surface area contributed by atoms with Crippen LogP contribution >= 0.6 is 11.6 Å². The summed E-state index contributed by atoms with van der Waals surface area (Å²) in [7, 11) is 0. The molecule has 1 heterocycles. The van der Waals surface area contributed by atoms with Crippen molar-refractivity contribution in [2.75, 3.05) is 0 Å². The van der Waals surface area contributed by atoms with Gasteiger partial charge in [-0.15, -0.1) is 0 Å². The van der Waals surface area contributed by atoms with Gasteiger partial charge in [-0.25, -0.2) is 0 Å². The number of ether oxygens (including phenoxy) is 2. The van der Waals surface area contributed by atoms with Crippen LogP contribution in [0.1, 0.15) is 44.4 Å². The van der Waals surface area contributed by atoms with Crippen molar-refractivity contribution >= 4 is 17.5 Å². The molecule has 1 aliphatic heterocycles. The maximum atomic E-state index is 12.7. The lowest BCUT2D eigenvalue weighted by molar-refractivity contribution is -0.128. The monoisotopic (exact) mass is 373 g/mol. The quantitative estimate of drug-likeness (QED) is 0.834. The molecule has 0 saturated carbocycles. The van der Waals surface area contributed by atoms with Crippen molar-refractivity contribution < 1.29 is 14.3 Å². The Morgan fingerprint density at radius 1 is 1.31 bits per heavy atom. The molecular formula is C21H24ClNO3. The van der Waals surface area contributed by atoms with Crippen molar-refractivity contribution in [2.45, 2.75) is 51.9 Å². The Bertz CT molecular complexity index is 819. The lowest BCUT2D eigenvalue weighted by Crippen LogP contribution is -2.44. The number of hydrogen-bond acceptors (Lipinski definition) is 3. The maximum absolute atomic E-state index is 12.7. The van der Waals surface area contributed by atoms with Crippen LogP contribution in [0.5, 0.6) is 11.5 Å². The van der Waals surface area contributed by atoms with E-state index in [9.17, 15) is 4.79 Å². The lowest BCUT2D eigenvalue weighted by Gasteiger charge is -2.38. The zero-order chi connectivity index (χ0) is 18.9. The molecule has 2 aromatic rings. The van der Waals surface area contributed by atoms with Crippen LogP contribution < -0.4 is 14.8 Å². The van der Waals surface area contributed by atoms with Crippen molar-refractivity contribution in [1.82, 2.24) is 5.32 Å². The Kier molecular flexibility index (Phi) is 5.15. The number of rotatable bonds is 4. The van der Waals surface area contributed by atoms with E-state index in [4.69, 9.17) is 21.1 Å². The largest absolute Gasteiger partial charge is 0.487 e. The molecule has 3 rings (SSSR count). The van der Waals surface area contributed by atoms with E-state index in [0.29, 0.717) is 17.2 Å². The average Bonchev–Trinajstić information content (AvgIpc) is 2.53. The topological polar surface area (TPSA) is 47.6 Å². The minimum atomic E-state index is -0.631. The predicted molar refractivity (Wildman–Crippen MR) is 103 cm³/mol. The first-order chi connectivity index (χ1) is 12.2. The van der Waals surface area contributed by atoms with Gasteiger partial charge in [-0.2, -0.15) is 0 Å². The highest BCUT2D eigenvalue weighted by Gasteiger charge is 2.35. The third kappa shape index (κ3) is 4.31. The van der Waals surface area contributed by atoms with E-state index < -0.39 is 6.10 Å². The van der Waals surface area contributed by atoms with Gasteiger partial charge in [0.1, 0.15) is 17.1 Å². The average molecular weight is 374 g/mol. The van der Waals surface area contributed by atoms with E-state index in [1.165, 1.54) is 0 Å². The van der Waals surface area contributed by atoms with Crippen molar-refractivity contribution in [3.8, 4) is 11.5 Å². The Balaban J connectivity index is 1.74. The molecule has 138 valence electrons. The minimum Gasteiger partial charge on any atom is -0.487 e. The van der Waals surface area contributed by atoms with E-state index >= 15 is 0 Å². The lowest BCUT2D eigenvalue weighted by atomic mass is 9.89. The molecule has 0 fully saturated rings. The van der Waals surface area contributed by atoms with Gasteiger partial charge in [0.2, 0.25) is 0 Å². The number of carbonyl (C=O) groups excluding carboxylic acids is 1. The molecule has 0 radical (unpaired) electrons. The summed E-state index contributed by atoms with van der Waals surface area (Å²) in [6, 6.07) is 13.0. The highest BCUT2D eigenvalue weighted by molar-refractivity contribution is 6.30. The number of halogens is 1. The van der Waals surface area contributed by atoms with E-state index in [-0.39, 0.29) is 17.6 Å². The summed E-state index contributed by atoms with van der Waals surface area (Å²) < 4.78 is 11.8. The fourth-order valence-electron chi connectivity index (χ4n) is 3.17. The molecule has 0 aliphatic carbocycles. The SMILES string of the molecule is Cc1ccc2c(c1)OC(C)(C)C[C@H]2NC(=O)[C@H](C)Oc1cccc(Cl)c1. The Morgan fingerprint density at radius 3 is 2.81 bits per heavy atom. The third-order valence-electron chi connectivity index (χ3n) is 4.42. The Hall–Kier alpha value is -2.20. The number of amides is 1. The van der Waals surface area contributed by atoms with Crippen LogP contribution in [-0.2, 0) is 4.79 Å². The molecule has 1 amide bonds. The number of benzene rings is 2. The van der Waals surface area contributed by atoms with Crippen LogP contribution in [0.2, 0.25) is 5.02 Å². The second-order valence-electron chi connectivity index (χ2n) is 7.39. The molecule has 26 heavy (non-hydrogen) atoms. The van der Waals surface area contributed by atoms with Gasteiger partial charge >= 0.3 is 0 Å². The molecule has 1 aliphatic rings. The first-order valence-electron chi connectivity index (χ1n) is 8.76.